The van der Waals surface area contributed by atoms with Crippen molar-refractivity contribution >= 4 is 17.4 Å². The molecule has 0 amide bonds. The van der Waals surface area contributed by atoms with Gasteiger partial charge in [-0.05, 0) is 25.1 Å². The number of rotatable bonds is 1. The van der Waals surface area contributed by atoms with E-state index < -0.39 is 0 Å². The monoisotopic (exact) mass is 254 g/mol. The molecule has 92 valence electrons. The quantitative estimate of drug-likeness (QED) is 0.800. The molecule has 1 aromatic heterocycles. The fraction of sp³-hybridized carbons (Fsp3) is 0.636. The van der Waals surface area contributed by atoms with Gasteiger partial charge < -0.3 is 15.0 Å². The predicted octanol–water partition coefficient (Wildman–Crippen LogP) is 0.697. The Labute approximate surface area is 105 Å². The number of aromatic nitrogens is 2. The van der Waals surface area contributed by atoms with Crippen LogP contribution in [0.4, 0.5) is 5.82 Å². The molecule has 0 aromatic carbocycles. The van der Waals surface area contributed by atoms with Gasteiger partial charge >= 0.3 is 0 Å². The fourth-order valence-electron chi connectivity index (χ4n) is 2.54. The SMILES string of the molecule is Clc1ccc(N2CCO[C@@H]3CCNC[C@@H]32)nn1. The summed E-state index contributed by atoms with van der Waals surface area (Å²) in [6, 6.07) is 4.06. The molecule has 0 radical (unpaired) electrons. The molecule has 5 nitrogen and oxygen atoms in total. The Hall–Kier alpha value is -0.910. The zero-order valence-electron chi connectivity index (χ0n) is 9.47. The van der Waals surface area contributed by atoms with Crippen LogP contribution in [0.15, 0.2) is 12.1 Å². The summed E-state index contributed by atoms with van der Waals surface area (Å²) in [4.78, 5) is 2.27. The number of piperidine rings is 1. The van der Waals surface area contributed by atoms with E-state index in [0.29, 0.717) is 17.3 Å². The zero-order chi connectivity index (χ0) is 11.7. The third kappa shape index (κ3) is 2.22. The van der Waals surface area contributed by atoms with E-state index in [-0.39, 0.29) is 0 Å². The number of morpholine rings is 1. The van der Waals surface area contributed by atoms with E-state index in [0.717, 1.165) is 38.5 Å². The maximum absolute atomic E-state index is 5.80. The average Bonchev–Trinajstić information content (AvgIpc) is 2.39. The highest BCUT2D eigenvalue weighted by Gasteiger charge is 2.34. The summed E-state index contributed by atoms with van der Waals surface area (Å²) in [5.74, 6) is 0.886. The molecule has 0 saturated carbocycles. The van der Waals surface area contributed by atoms with Crippen LogP contribution in [0, 0.1) is 0 Å². The second-order valence-corrected chi connectivity index (χ2v) is 4.76. The van der Waals surface area contributed by atoms with Crippen LogP contribution in [0.1, 0.15) is 6.42 Å². The van der Waals surface area contributed by atoms with Gasteiger partial charge in [-0.25, -0.2) is 0 Å². The van der Waals surface area contributed by atoms with Crippen molar-refractivity contribution in [3.63, 3.8) is 0 Å². The molecule has 2 aliphatic rings. The maximum Gasteiger partial charge on any atom is 0.151 e. The van der Waals surface area contributed by atoms with E-state index in [1.165, 1.54) is 0 Å². The summed E-state index contributed by atoms with van der Waals surface area (Å²) in [6.45, 7) is 3.58. The Morgan fingerprint density at radius 1 is 1.41 bits per heavy atom. The number of fused-ring (bicyclic) bond motifs is 1. The molecule has 1 N–H and O–H groups in total. The minimum Gasteiger partial charge on any atom is -0.374 e. The number of hydrogen-bond donors (Lipinski definition) is 1. The minimum absolute atomic E-state index is 0.308. The van der Waals surface area contributed by atoms with Crippen molar-refractivity contribution in [1.29, 1.82) is 0 Å². The summed E-state index contributed by atoms with van der Waals surface area (Å²) in [7, 11) is 0. The lowest BCUT2D eigenvalue weighted by Gasteiger charge is -2.44. The first-order valence-corrected chi connectivity index (χ1v) is 6.30. The topological polar surface area (TPSA) is 50.3 Å². The van der Waals surface area contributed by atoms with Gasteiger partial charge in [0.15, 0.2) is 11.0 Å². The van der Waals surface area contributed by atoms with Crippen molar-refractivity contribution in [2.45, 2.75) is 18.6 Å². The van der Waals surface area contributed by atoms with Gasteiger partial charge in [0.2, 0.25) is 0 Å². The highest BCUT2D eigenvalue weighted by atomic mass is 35.5. The number of halogens is 1. The largest absolute Gasteiger partial charge is 0.374 e. The molecule has 17 heavy (non-hydrogen) atoms. The third-order valence-corrected chi connectivity index (χ3v) is 3.57. The van der Waals surface area contributed by atoms with E-state index in [9.17, 15) is 0 Å². The molecule has 0 aliphatic carbocycles. The van der Waals surface area contributed by atoms with Crippen LogP contribution in [0.3, 0.4) is 0 Å². The number of nitrogens with zero attached hydrogens (tertiary/aromatic N) is 3. The second kappa shape index (κ2) is 4.76. The van der Waals surface area contributed by atoms with E-state index in [2.05, 4.69) is 20.4 Å². The van der Waals surface area contributed by atoms with Crippen molar-refractivity contribution in [3.05, 3.63) is 17.3 Å². The molecule has 2 atom stereocenters. The van der Waals surface area contributed by atoms with E-state index >= 15 is 0 Å². The van der Waals surface area contributed by atoms with Crippen molar-refractivity contribution < 1.29 is 4.74 Å². The summed E-state index contributed by atoms with van der Waals surface area (Å²) in [5, 5.41) is 11.9. The summed E-state index contributed by atoms with van der Waals surface area (Å²) in [5.41, 5.74) is 0. The third-order valence-electron chi connectivity index (χ3n) is 3.36. The molecule has 0 spiro atoms. The lowest BCUT2D eigenvalue weighted by molar-refractivity contribution is -0.00377. The Morgan fingerprint density at radius 2 is 2.35 bits per heavy atom. The second-order valence-electron chi connectivity index (χ2n) is 4.38. The summed E-state index contributed by atoms with van der Waals surface area (Å²) in [6.07, 6.45) is 1.37. The van der Waals surface area contributed by atoms with E-state index in [1.54, 1.807) is 6.07 Å². The van der Waals surface area contributed by atoms with Gasteiger partial charge in [-0.15, -0.1) is 10.2 Å². The van der Waals surface area contributed by atoms with Gasteiger partial charge in [-0.3, -0.25) is 0 Å². The van der Waals surface area contributed by atoms with Crippen molar-refractivity contribution in [1.82, 2.24) is 15.5 Å². The first kappa shape index (κ1) is 11.2. The smallest absolute Gasteiger partial charge is 0.151 e. The van der Waals surface area contributed by atoms with Gasteiger partial charge in [0.1, 0.15) is 0 Å². The zero-order valence-corrected chi connectivity index (χ0v) is 10.2. The first-order chi connectivity index (χ1) is 8.34. The van der Waals surface area contributed by atoms with Crippen molar-refractivity contribution in [2.24, 2.45) is 0 Å². The van der Waals surface area contributed by atoms with Crippen LogP contribution in [0.25, 0.3) is 0 Å². The molecule has 2 aliphatic heterocycles. The van der Waals surface area contributed by atoms with Gasteiger partial charge in [0.05, 0.1) is 18.8 Å². The molecular weight excluding hydrogens is 240 g/mol. The van der Waals surface area contributed by atoms with E-state index in [1.807, 2.05) is 6.07 Å². The van der Waals surface area contributed by atoms with E-state index in [4.69, 9.17) is 16.3 Å². The van der Waals surface area contributed by atoms with Crippen molar-refractivity contribution in [2.75, 3.05) is 31.1 Å². The number of hydrogen-bond acceptors (Lipinski definition) is 5. The highest BCUT2D eigenvalue weighted by Crippen LogP contribution is 2.24. The molecule has 0 unspecified atom stereocenters. The normalized spacial score (nSPS) is 28.9. The molecule has 1 aromatic rings. The molecular formula is C11H15ClN4O. The highest BCUT2D eigenvalue weighted by molar-refractivity contribution is 6.29. The Balaban J connectivity index is 1.83. The molecule has 6 heteroatoms. The lowest BCUT2D eigenvalue weighted by atomic mass is 10.0. The first-order valence-electron chi connectivity index (χ1n) is 5.93. The van der Waals surface area contributed by atoms with Gasteiger partial charge in [-0.1, -0.05) is 11.6 Å². The number of nitrogens with one attached hydrogen (secondary N) is 1. The fourth-order valence-corrected chi connectivity index (χ4v) is 2.64. The summed E-state index contributed by atoms with van der Waals surface area (Å²) >= 11 is 5.76. The van der Waals surface area contributed by atoms with Crippen LogP contribution >= 0.6 is 11.6 Å². The predicted molar refractivity (Wildman–Crippen MR) is 65.4 cm³/mol. The van der Waals surface area contributed by atoms with Crippen LogP contribution < -0.4 is 10.2 Å². The standard InChI is InChI=1S/C11H15ClN4O/c12-10-1-2-11(15-14-10)16-5-6-17-9-3-4-13-7-8(9)16/h1-2,8-9,13H,3-7H2/t8-,9+/m0/s1. The molecule has 3 rings (SSSR count). The van der Waals surface area contributed by atoms with Gasteiger partial charge in [0, 0.05) is 13.1 Å². The molecule has 3 heterocycles. The number of anilines is 1. The molecule has 2 fully saturated rings. The van der Waals surface area contributed by atoms with Crippen molar-refractivity contribution in [3.8, 4) is 0 Å². The lowest BCUT2D eigenvalue weighted by Crippen LogP contribution is -2.59. The average molecular weight is 255 g/mol. The molecule has 0 bridgehead atoms. The van der Waals surface area contributed by atoms with Gasteiger partial charge in [0.25, 0.3) is 0 Å². The Bertz CT molecular complexity index is 384. The van der Waals surface area contributed by atoms with Crippen LogP contribution in [0.2, 0.25) is 5.15 Å². The molecule has 2 saturated heterocycles. The minimum atomic E-state index is 0.308. The Kier molecular flexibility index (Phi) is 3.13. The summed E-state index contributed by atoms with van der Waals surface area (Å²) < 4.78 is 5.80. The van der Waals surface area contributed by atoms with Gasteiger partial charge in [-0.2, -0.15) is 0 Å². The van der Waals surface area contributed by atoms with Crippen LogP contribution in [-0.2, 0) is 4.74 Å². The van der Waals surface area contributed by atoms with Crippen LogP contribution in [0.5, 0.6) is 0 Å². The maximum atomic E-state index is 5.80. The Morgan fingerprint density at radius 3 is 3.18 bits per heavy atom. The van der Waals surface area contributed by atoms with Crippen LogP contribution in [-0.4, -0.2) is 48.6 Å². The number of ether oxygens (including phenoxy) is 1.